The third-order valence-electron chi connectivity index (χ3n) is 3.67. The van der Waals surface area contributed by atoms with E-state index in [9.17, 15) is 4.79 Å². The molecule has 0 radical (unpaired) electrons. The summed E-state index contributed by atoms with van der Waals surface area (Å²) in [5.41, 5.74) is 1.84. The highest BCUT2D eigenvalue weighted by Crippen LogP contribution is 2.12. The van der Waals surface area contributed by atoms with Crippen molar-refractivity contribution in [3.8, 4) is 0 Å². The van der Waals surface area contributed by atoms with Crippen LogP contribution in [0.1, 0.15) is 22.3 Å². The molecule has 1 fully saturated rings. The van der Waals surface area contributed by atoms with Crippen LogP contribution in [0.25, 0.3) is 0 Å². The zero-order valence-corrected chi connectivity index (χ0v) is 11.5. The van der Waals surface area contributed by atoms with Crippen LogP contribution in [0, 0.1) is 6.92 Å². The smallest absolute Gasteiger partial charge is 0.254 e. The van der Waals surface area contributed by atoms with Gasteiger partial charge in [0.2, 0.25) is 0 Å². The predicted octanol–water partition coefficient (Wildman–Crippen LogP) is 1.14. The van der Waals surface area contributed by atoms with Crippen molar-refractivity contribution < 1.29 is 9.90 Å². The second kappa shape index (κ2) is 6.68. The lowest BCUT2D eigenvalue weighted by Gasteiger charge is -2.22. The van der Waals surface area contributed by atoms with Crippen LogP contribution >= 0.6 is 0 Å². The Hall–Kier alpha value is -1.39. The number of carbonyl (C=O) groups is 1. The summed E-state index contributed by atoms with van der Waals surface area (Å²) in [6.07, 6.45) is 0.970. The molecule has 1 amide bonds. The normalized spacial score (nSPS) is 17.3. The molecule has 4 heteroatoms. The molecule has 19 heavy (non-hydrogen) atoms. The van der Waals surface area contributed by atoms with E-state index in [2.05, 4.69) is 4.90 Å². The lowest BCUT2D eigenvalue weighted by atomic mass is 10.1. The van der Waals surface area contributed by atoms with E-state index in [1.54, 1.807) is 0 Å². The van der Waals surface area contributed by atoms with Gasteiger partial charge in [0.25, 0.3) is 5.91 Å². The van der Waals surface area contributed by atoms with Gasteiger partial charge in [0, 0.05) is 31.7 Å². The molecule has 1 N–H and O–H groups in total. The molecule has 0 spiro atoms. The van der Waals surface area contributed by atoms with E-state index in [0.717, 1.165) is 43.7 Å². The monoisotopic (exact) mass is 262 g/mol. The van der Waals surface area contributed by atoms with E-state index in [1.807, 2.05) is 36.1 Å². The fourth-order valence-corrected chi connectivity index (χ4v) is 2.52. The molecular formula is C15H22N2O2. The number of aliphatic hydroxyl groups is 1. The van der Waals surface area contributed by atoms with E-state index in [0.29, 0.717) is 6.54 Å². The van der Waals surface area contributed by atoms with Crippen molar-refractivity contribution in [1.82, 2.24) is 9.80 Å². The largest absolute Gasteiger partial charge is 0.395 e. The minimum absolute atomic E-state index is 0.129. The summed E-state index contributed by atoms with van der Waals surface area (Å²) < 4.78 is 0. The average Bonchev–Trinajstić information content (AvgIpc) is 2.65. The molecule has 0 unspecified atom stereocenters. The molecule has 0 aromatic heterocycles. The van der Waals surface area contributed by atoms with Gasteiger partial charge in [-0.25, -0.2) is 0 Å². The quantitative estimate of drug-likeness (QED) is 0.888. The molecule has 0 saturated carbocycles. The van der Waals surface area contributed by atoms with Gasteiger partial charge in [-0.1, -0.05) is 18.2 Å². The number of aryl methyl sites for hydroxylation is 1. The van der Waals surface area contributed by atoms with Crippen LogP contribution in [-0.2, 0) is 0 Å². The zero-order chi connectivity index (χ0) is 13.7. The molecule has 1 aromatic rings. The van der Waals surface area contributed by atoms with Crippen LogP contribution in [0.15, 0.2) is 24.3 Å². The lowest BCUT2D eigenvalue weighted by Crippen LogP contribution is -2.36. The topological polar surface area (TPSA) is 43.8 Å². The molecule has 2 rings (SSSR count). The van der Waals surface area contributed by atoms with Crippen LogP contribution in [0.2, 0.25) is 0 Å². The number of aliphatic hydroxyl groups excluding tert-OH is 1. The van der Waals surface area contributed by atoms with Crippen molar-refractivity contribution in [3.05, 3.63) is 35.4 Å². The fourth-order valence-electron chi connectivity index (χ4n) is 2.52. The van der Waals surface area contributed by atoms with Crippen LogP contribution in [-0.4, -0.2) is 60.1 Å². The highest BCUT2D eigenvalue weighted by Gasteiger charge is 2.20. The van der Waals surface area contributed by atoms with Crippen LogP contribution in [0.4, 0.5) is 0 Å². The van der Waals surface area contributed by atoms with Crippen molar-refractivity contribution in [1.29, 1.82) is 0 Å². The van der Waals surface area contributed by atoms with Crippen molar-refractivity contribution >= 4 is 5.91 Å². The second-order valence-corrected chi connectivity index (χ2v) is 5.03. The minimum Gasteiger partial charge on any atom is -0.395 e. The first-order chi connectivity index (χ1) is 9.22. The maximum absolute atomic E-state index is 12.5. The summed E-state index contributed by atoms with van der Waals surface area (Å²) in [6, 6.07) is 7.74. The van der Waals surface area contributed by atoms with Crippen LogP contribution in [0.5, 0.6) is 0 Å². The van der Waals surface area contributed by atoms with Crippen LogP contribution < -0.4 is 0 Å². The van der Waals surface area contributed by atoms with Gasteiger partial charge in [-0.05, 0) is 31.5 Å². The molecule has 0 aliphatic carbocycles. The Bertz CT molecular complexity index is 434. The fraction of sp³-hybridized carbons (Fsp3) is 0.533. The molecule has 1 aromatic carbocycles. The first-order valence-corrected chi connectivity index (χ1v) is 6.90. The molecule has 0 atom stereocenters. The molecule has 4 nitrogen and oxygen atoms in total. The molecule has 0 bridgehead atoms. The summed E-state index contributed by atoms with van der Waals surface area (Å²) in [5, 5.41) is 8.98. The SMILES string of the molecule is Cc1ccccc1C(=O)N1CCCN(CCO)CC1. The van der Waals surface area contributed by atoms with Crippen molar-refractivity contribution in [2.75, 3.05) is 39.3 Å². The number of hydrogen-bond acceptors (Lipinski definition) is 3. The maximum Gasteiger partial charge on any atom is 0.254 e. The number of β-amino-alcohol motifs (C(OH)–C–C–N with tert-alkyl or cyclic N) is 1. The van der Waals surface area contributed by atoms with Gasteiger partial charge in [-0.3, -0.25) is 9.69 Å². The molecule has 1 aliphatic heterocycles. The van der Waals surface area contributed by atoms with Gasteiger partial charge < -0.3 is 10.0 Å². The van der Waals surface area contributed by atoms with Crippen molar-refractivity contribution in [2.24, 2.45) is 0 Å². The van der Waals surface area contributed by atoms with Gasteiger partial charge in [0.1, 0.15) is 0 Å². The molecule has 104 valence electrons. The Kier molecular flexibility index (Phi) is 4.93. The minimum atomic E-state index is 0.129. The Morgan fingerprint density at radius 3 is 2.74 bits per heavy atom. The first-order valence-electron chi connectivity index (χ1n) is 6.90. The van der Waals surface area contributed by atoms with Gasteiger partial charge >= 0.3 is 0 Å². The summed E-state index contributed by atoms with van der Waals surface area (Å²) >= 11 is 0. The Morgan fingerprint density at radius 1 is 1.21 bits per heavy atom. The van der Waals surface area contributed by atoms with Gasteiger partial charge in [0.15, 0.2) is 0 Å². The lowest BCUT2D eigenvalue weighted by molar-refractivity contribution is 0.0760. The number of hydrogen-bond donors (Lipinski definition) is 1. The Labute approximate surface area is 114 Å². The summed E-state index contributed by atoms with van der Waals surface area (Å²) in [7, 11) is 0. The number of amides is 1. The number of benzene rings is 1. The highest BCUT2D eigenvalue weighted by atomic mass is 16.3. The molecule has 1 saturated heterocycles. The maximum atomic E-state index is 12.5. The molecule has 1 heterocycles. The molecule has 1 aliphatic rings. The average molecular weight is 262 g/mol. The highest BCUT2D eigenvalue weighted by molar-refractivity contribution is 5.95. The van der Waals surface area contributed by atoms with Crippen molar-refractivity contribution in [2.45, 2.75) is 13.3 Å². The Morgan fingerprint density at radius 2 is 2.00 bits per heavy atom. The second-order valence-electron chi connectivity index (χ2n) is 5.03. The predicted molar refractivity (Wildman–Crippen MR) is 75.2 cm³/mol. The van der Waals surface area contributed by atoms with Gasteiger partial charge in [-0.2, -0.15) is 0 Å². The Balaban J connectivity index is 2.02. The van der Waals surface area contributed by atoms with Crippen molar-refractivity contribution in [3.63, 3.8) is 0 Å². The van der Waals surface area contributed by atoms with Gasteiger partial charge in [-0.15, -0.1) is 0 Å². The molecular weight excluding hydrogens is 240 g/mol. The first kappa shape index (κ1) is 14.0. The third-order valence-corrected chi connectivity index (χ3v) is 3.67. The van der Waals surface area contributed by atoms with E-state index < -0.39 is 0 Å². The number of nitrogens with zero attached hydrogens (tertiary/aromatic N) is 2. The zero-order valence-electron chi connectivity index (χ0n) is 11.5. The number of rotatable bonds is 3. The standard InChI is InChI=1S/C15H22N2O2/c1-13-5-2-3-6-14(13)15(19)17-8-4-7-16(9-10-17)11-12-18/h2-3,5-6,18H,4,7-12H2,1H3. The van der Waals surface area contributed by atoms with Crippen LogP contribution in [0.3, 0.4) is 0 Å². The summed E-state index contributed by atoms with van der Waals surface area (Å²) in [4.78, 5) is 16.6. The number of carbonyl (C=O) groups excluding carboxylic acids is 1. The van der Waals surface area contributed by atoms with E-state index in [-0.39, 0.29) is 12.5 Å². The van der Waals surface area contributed by atoms with E-state index in [1.165, 1.54) is 0 Å². The van der Waals surface area contributed by atoms with E-state index in [4.69, 9.17) is 5.11 Å². The van der Waals surface area contributed by atoms with Gasteiger partial charge in [0.05, 0.1) is 6.61 Å². The summed E-state index contributed by atoms with van der Waals surface area (Å²) in [6.45, 7) is 6.21. The van der Waals surface area contributed by atoms with E-state index >= 15 is 0 Å². The third kappa shape index (κ3) is 3.55. The summed E-state index contributed by atoms with van der Waals surface area (Å²) in [5.74, 6) is 0.129.